The highest BCUT2D eigenvalue weighted by atomic mass is 35.6. The minimum atomic E-state index is -0.262. The zero-order chi connectivity index (χ0) is 7.11. The van der Waals surface area contributed by atoms with Crippen molar-refractivity contribution in [3.63, 3.8) is 0 Å². The fourth-order valence-corrected chi connectivity index (χ4v) is 2.93. The van der Waals surface area contributed by atoms with Crippen LogP contribution in [0.3, 0.4) is 0 Å². The van der Waals surface area contributed by atoms with E-state index in [1.807, 2.05) is 0 Å². The average molecular weight is 164 g/mol. The van der Waals surface area contributed by atoms with Crippen LogP contribution in [-0.4, -0.2) is 8.83 Å². The van der Waals surface area contributed by atoms with Gasteiger partial charge in [-0.2, -0.15) is 11.1 Å². The molecule has 0 bridgehead atoms. The van der Waals surface area contributed by atoms with Gasteiger partial charge in [-0.05, 0) is 5.54 Å². The van der Waals surface area contributed by atoms with E-state index in [1.54, 1.807) is 0 Å². The topological polar surface area (TPSA) is 0 Å². The predicted octanol–water partition coefficient (Wildman–Crippen LogP) is 2.51. The minimum absolute atomic E-state index is 0.262. The highest BCUT2D eigenvalue weighted by Crippen LogP contribution is 2.18. The normalized spacial score (nSPS) is 12.0. The first kappa shape index (κ1) is 9.51. The SMILES string of the molecule is [CH2]CCC(CCC)[SiH2]Cl. The highest BCUT2D eigenvalue weighted by Gasteiger charge is 2.03. The summed E-state index contributed by atoms with van der Waals surface area (Å²) in [5.41, 5.74) is 0.856. The van der Waals surface area contributed by atoms with E-state index in [4.69, 9.17) is 11.1 Å². The van der Waals surface area contributed by atoms with Gasteiger partial charge in [0, 0.05) is 0 Å². The lowest BCUT2D eigenvalue weighted by molar-refractivity contribution is 0.670. The Balaban J connectivity index is 3.18. The van der Waals surface area contributed by atoms with Crippen LogP contribution < -0.4 is 0 Å². The molecule has 2 heteroatoms. The summed E-state index contributed by atoms with van der Waals surface area (Å²) >= 11 is 5.84. The summed E-state index contributed by atoms with van der Waals surface area (Å²) in [5.74, 6) is 0. The van der Waals surface area contributed by atoms with Crippen LogP contribution in [0, 0.1) is 6.92 Å². The summed E-state index contributed by atoms with van der Waals surface area (Å²) < 4.78 is 0. The van der Waals surface area contributed by atoms with Gasteiger partial charge in [0.1, 0.15) is 8.83 Å². The molecule has 0 amide bonds. The molecule has 0 spiro atoms. The summed E-state index contributed by atoms with van der Waals surface area (Å²) in [7, 11) is -0.262. The summed E-state index contributed by atoms with van der Waals surface area (Å²) in [6, 6.07) is 0. The van der Waals surface area contributed by atoms with Crippen molar-refractivity contribution in [1.29, 1.82) is 0 Å². The molecule has 0 aliphatic rings. The number of hydrogen-bond donors (Lipinski definition) is 0. The number of rotatable bonds is 5. The Morgan fingerprint density at radius 3 is 2.56 bits per heavy atom. The van der Waals surface area contributed by atoms with Crippen LogP contribution in [0.15, 0.2) is 0 Å². The predicted molar refractivity (Wildman–Crippen MR) is 47.6 cm³/mol. The molecule has 0 aromatic rings. The van der Waals surface area contributed by atoms with Crippen LogP contribution in [0.2, 0.25) is 5.54 Å². The average Bonchev–Trinajstić information content (AvgIpc) is 1.88. The second-order valence-electron chi connectivity index (χ2n) is 2.45. The Bertz CT molecular complexity index is 50.9. The van der Waals surface area contributed by atoms with E-state index in [9.17, 15) is 0 Å². The quantitative estimate of drug-likeness (QED) is 0.432. The van der Waals surface area contributed by atoms with E-state index in [0.717, 1.165) is 12.0 Å². The van der Waals surface area contributed by atoms with E-state index < -0.39 is 0 Å². The Kier molecular flexibility index (Phi) is 7.00. The molecule has 0 heterocycles. The molecule has 1 unspecified atom stereocenters. The van der Waals surface area contributed by atoms with Crippen molar-refractivity contribution in [2.45, 2.75) is 38.1 Å². The molecule has 1 radical (unpaired) electrons. The van der Waals surface area contributed by atoms with Crippen molar-refractivity contribution < 1.29 is 0 Å². The molecular formula is C7H16ClSi. The van der Waals surface area contributed by atoms with Crippen LogP contribution in [-0.2, 0) is 0 Å². The lowest BCUT2D eigenvalue weighted by Crippen LogP contribution is -1.96. The molecule has 0 aliphatic carbocycles. The largest absolute Gasteiger partial charge is 0.176 e. The van der Waals surface area contributed by atoms with Gasteiger partial charge in [-0.15, -0.1) is 0 Å². The van der Waals surface area contributed by atoms with Gasteiger partial charge in [-0.3, -0.25) is 0 Å². The first-order chi connectivity index (χ1) is 4.35. The Labute approximate surface area is 65.5 Å². The van der Waals surface area contributed by atoms with Crippen molar-refractivity contribution in [2.75, 3.05) is 0 Å². The molecule has 9 heavy (non-hydrogen) atoms. The Morgan fingerprint density at radius 1 is 1.56 bits per heavy atom. The number of hydrogen-bond acceptors (Lipinski definition) is 0. The van der Waals surface area contributed by atoms with Gasteiger partial charge >= 0.3 is 0 Å². The van der Waals surface area contributed by atoms with Crippen molar-refractivity contribution in [1.82, 2.24) is 0 Å². The third kappa shape index (κ3) is 4.98. The van der Waals surface area contributed by atoms with Gasteiger partial charge in [0.25, 0.3) is 0 Å². The molecule has 0 aromatic carbocycles. The molecule has 1 atom stereocenters. The molecule has 55 valence electrons. The second kappa shape index (κ2) is 6.62. The summed E-state index contributed by atoms with van der Waals surface area (Å²) in [5, 5.41) is 0. The molecular weight excluding hydrogens is 148 g/mol. The molecule has 0 saturated carbocycles. The van der Waals surface area contributed by atoms with E-state index in [1.165, 1.54) is 19.3 Å². The standard InChI is InChI=1S/C7H16ClSi/c1-3-5-7(9-8)6-4-2/h7H,1,3-6,9H2,2H3. The lowest BCUT2D eigenvalue weighted by Gasteiger charge is -2.08. The van der Waals surface area contributed by atoms with Crippen LogP contribution in [0.4, 0.5) is 0 Å². The smallest absolute Gasteiger partial charge is 0.128 e. The van der Waals surface area contributed by atoms with Crippen molar-refractivity contribution in [2.24, 2.45) is 0 Å². The van der Waals surface area contributed by atoms with E-state index in [-0.39, 0.29) is 8.83 Å². The fourth-order valence-electron chi connectivity index (χ4n) is 0.996. The van der Waals surface area contributed by atoms with Crippen molar-refractivity contribution >= 4 is 19.9 Å². The molecule has 0 aromatic heterocycles. The summed E-state index contributed by atoms with van der Waals surface area (Å²) in [6.07, 6.45) is 4.92. The van der Waals surface area contributed by atoms with Gasteiger partial charge < -0.3 is 0 Å². The first-order valence-corrected chi connectivity index (χ1v) is 6.65. The second-order valence-corrected chi connectivity index (χ2v) is 4.84. The van der Waals surface area contributed by atoms with E-state index in [2.05, 4.69) is 13.8 Å². The zero-order valence-electron chi connectivity index (χ0n) is 6.20. The maximum atomic E-state index is 5.84. The van der Waals surface area contributed by atoms with Gasteiger partial charge in [-0.25, -0.2) is 0 Å². The van der Waals surface area contributed by atoms with Gasteiger partial charge in [-0.1, -0.05) is 39.5 Å². The molecule has 0 fully saturated rings. The van der Waals surface area contributed by atoms with E-state index >= 15 is 0 Å². The Morgan fingerprint density at radius 2 is 2.22 bits per heavy atom. The van der Waals surface area contributed by atoms with Gasteiger partial charge in [0.05, 0.1) is 0 Å². The fraction of sp³-hybridized carbons (Fsp3) is 0.857. The number of halogens is 1. The third-order valence-corrected chi connectivity index (χ3v) is 4.09. The molecule has 0 nitrogen and oxygen atoms in total. The van der Waals surface area contributed by atoms with Crippen LogP contribution in [0.5, 0.6) is 0 Å². The van der Waals surface area contributed by atoms with E-state index in [0.29, 0.717) is 0 Å². The summed E-state index contributed by atoms with van der Waals surface area (Å²) in [6.45, 7) is 6.04. The highest BCUT2D eigenvalue weighted by molar-refractivity contribution is 6.94. The van der Waals surface area contributed by atoms with Crippen LogP contribution in [0.1, 0.15) is 32.6 Å². The van der Waals surface area contributed by atoms with Crippen molar-refractivity contribution in [3.05, 3.63) is 6.92 Å². The molecule has 0 N–H and O–H groups in total. The Hall–Kier alpha value is 0.507. The maximum absolute atomic E-state index is 5.84. The van der Waals surface area contributed by atoms with Crippen LogP contribution >= 0.6 is 11.1 Å². The first-order valence-electron chi connectivity index (χ1n) is 3.70. The lowest BCUT2D eigenvalue weighted by atomic mass is 10.1. The van der Waals surface area contributed by atoms with Gasteiger partial charge in [0.15, 0.2) is 0 Å². The molecule has 0 saturated heterocycles. The molecule has 0 aliphatic heterocycles. The monoisotopic (exact) mass is 163 g/mol. The van der Waals surface area contributed by atoms with Crippen LogP contribution in [0.25, 0.3) is 0 Å². The zero-order valence-corrected chi connectivity index (χ0v) is 8.37. The maximum Gasteiger partial charge on any atom is 0.128 e. The molecule has 0 rings (SSSR count). The third-order valence-electron chi connectivity index (χ3n) is 1.53. The van der Waals surface area contributed by atoms with Gasteiger partial charge in [0.2, 0.25) is 0 Å². The van der Waals surface area contributed by atoms with Crippen molar-refractivity contribution in [3.8, 4) is 0 Å². The summed E-state index contributed by atoms with van der Waals surface area (Å²) in [4.78, 5) is 0. The minimum Gasteiger partial charge on any atom is -0.176 e.